The van der Waals surface area contributed by atoms with E-state index in [1.165, 1.54) is 0 Å². The number of rotatable bonds is 6. The number of aromatic nitrogens is 3. The Morgan fingerprint density at radius 2 is 2.16 bits per heavy atom. The number of aryl methyl sites for hydroxylation is 3. The van der Waals surface area contributed by atoms with Crippen LogP contribution in [-0.4, -0.2) is 33.0 Å². The maximum Gasteiger partial charge on any atom is 0.238 e. The van der Waals surface area contributed by atoms with E-state index in [0.29, 0.717) is 30.3 Å². The van der Waals surface area contributed by atoms with Gasteiger partial charge in [-0.25, -0.2) is 4.98 Å². The van der Waals surface area contributed by atoms with Gasteiger partial charge in [0.15, 0.2) is 5.76 Å². The second-order valence-electron chi connectivity index (χ2n) is 5.84. The summed E-state index contributed by atoms with van der Waals surface area (Å²) >= 11 is 1.65. The largest absolute Gasteiger partial charge is 0.461 e. The third-order valence-electron chi connectivity index (χ3n) is 4.07. The van der Waals surface area contributed by atoms with Crippen molar-refractivity contribution in [2.24, 2.45) is 0 Å². The van der Waals surface area contributed by atoms with E-state index < -0.39 is 0 Å². The molecule has 0 unspecified atom stereocenters. The van der Waals surface area contributed by atoms with Crippen LogP contribution < -0.4 is 0 Å². The van der Waals surface area contributed by atoms with Crippen molar-refractivity contribution in [2.75, 3.05) is 7.05 Å². The van der Waals surface area contributed by atoms with E-state index in [9.17, 15) is 4.79 Å². The van der Waals surface area contributed by atoms with Crippen molar-refractivity contribution >= 4 is 17.2 Å². The highest BCUT2D eigenvalue weighted by Crippen LogP contribution is 2.26. The highest BCUT2D eigenvalue weighted by Gasteiger charge is 2.22. The maximum absolute atomic E-state index is 12.5. The Bertz CT molecular complexity index is 853. The van der Waals surface area contributed by atoms with Crippen LogP contribution in [0.1, 0.15) is 40.9 Å². The Hall–Kier alpha value is -2.48. The van der Waals surface area contributed by atoms with Crippen molar-refractivity contribution in [1.82, 2.24) is 20.0 Å². The highest BCUT2D eigenvalue weighted by atomic mass is 32.1. The standard InChI is InChI=1S/C17H20N4O3S/c1-10(16-11(2)25-12(3)18-16)21(4)15(22)8-7-14-19-17(20-24-14)13-6-5-9-23-13/h5-6,9-10H,7-8H2,1-4H3/t10-/m0/s1. The lowest BCUT2D eigenvalue weighted by molar-refractivity contribution is -0.131. The lowest BCUT2D eigenvalue weighted by Gasteiger charge is -2.24. The molecule has 3 heterocycles. The van der Waals surface area contributed by atoms with E-state index in [2.05, 4.69) is 15.1 Å². The van der Waals surface area contributed by atoms with Crippen LogP contribution in [0, 0.1) is 13.8 Å². The number of furan rings is 1. The van der Waals surface area contributed by atoms with Crippen molar-refractivity contribution in [3.05, 3.63) is 39.9 Å². The predicted octanol–water partition coefficient (Wildman–Crippen LogP) is 3.56. The fraction of sp³-hybridized carbons (Fsp3) is 0.412. The molecule has 0 aromatic carbocycles. The molecule has 3 rings (SSSR count). The molecule has 0 aliphatic heterocycles. The van der Waals surface area contributed by atoms with Crippen LogP contribution in [0.15, 0.2) is 27.3 Å². The van der Waals surface area contributed by atoms with Crippen molar-refractivity contribution in [1.29, 1.82) is 0 Å². The molecule has 0 saturated carbocycles. The minimum Gasteiger partial charge on any atom is -0.461 e. The number of nitrogens with zero attached hydrogens (tertiary/aromatic N) is 4. The molecule has 0 spiro atoms. The molecule has 0 N–H and O–H groups in total. The average molecular weight is 360 g/mol. The number of hydrogen-bond donors (Lipinski definition) is 0. The van der Waals surface area contributed by atoms with Crippen molar-refractivity contribution < 1.29 is 13.7 Å². The monoisotopic (exact) mass is 360 g/mol. The Labute approximate surface area is 149 Å². The van der Waals surface area contributed by atoms with Gasteiger partial charge < -0.3 is 13.8 Å². The topological polar surface area (TPSA) is 85.3 Å². The van der Waals surface area contributed by atoms with Gasteiger partial charge in [-0.3, -0.25) is 4.79 Å². The molecule has 3 aromatic rings. The smallest absolute Gasteiger partial charge is 0.238 e. The molecule has 0 fully saturated rings. The summed E-state index contributed by atoms with van der Waals surface area (Å²) in [5.74, 6) is 1.36. The van der Waals surface area contributed by atoms with Crippen LogP contribution in [-0.2, 0) is 11.2 Å². The van der Waals surface area contributed by atoms with E-state index in [4.69, 9.17) is 8.94 Å². The molecule has 25 heavy (non-hydrogen) atoms. The van der Waals surface area contributed by atoms with E-state index in [1.807, 2.05) is 20.8 Å². The minimum atomic E-state index is -0.0705. The fourth-order valence-corrected chi connectivity index (χ4v) is 3.49. The summed E-state index contributed by atoms with van der Waals surface area (Å²) in [4.78, 5) is 24.1. The Balaban J connectivity index is 1.59. The third-order valence-corrected chi connectivity index (χ3v) is 4.97. The molecule has 8 heteroatoms. The van der Waals surface area contributed by atoms with Gasteiger partial charge >= 0.3 is 0 Å². The SMILES string of the molecule is Cc1nc([C@H](C)N(C)C(=O)CCc2nc(-c3ccco3)no2)c(C)s1. The molecular weight excluding hydrogens is 340 g/mol. The van der Waals surface area contributed by atoms with Crippen molar-refractivity contribution in [3.8, 4) is 11.6 Å². The summed E-state index contributed by atoms with van der Waals surface area (Å²) < 4.78 is 10.4. The highest BCUT2D eigenvalue weighted by molar-refractivity contribution is 7.11. The molecule has 3 aromatic heterocycles. The van der Waals surface area contributed by atoms with Crippen molar-refractivity contribution in [2.45, 2.75) is 39.7 Å². The van der Waals surface area contributed by atoms with Crippen molar-refractivity contribution in [3.63, 3.8) is 0 Å². The van der Waals surface area contributed by atoms with Gasteiger partial charge in [0.1, 0.15) is 0 Å². The fourth-order valence-electron chi connectivity index (χ4n) is 2.58. The Kier molecular flexibility index (Phi) is 4.98. The predicted molar refractivity (Wildman–Crippen MR) is 93.1 cm³/mol. The summed E-state index contributed by atoms with van der Waals surface area (Å²) in [6.45, 7) is 5.99. The quantitative estimate of drug-likeness (QED) is 0.668. The average Bonchev–Trinajstić information content (AvgIpc) is 3.31. The Morgan fingerprint density at radius 3 is 2.80 bits per heavy atom. The maximum atomic E-state index is 12.5. The van der Waals surface area contributed by atoms with Crippen LogP contribution in [0.25, 0.3) is 11.6 Å². The number of hydrogen-bond acceptors (Lipinski definition) is 7. The van der Waals surface area contributed by atoms with Gasteiger partial charge in [-0.2, -0.15) is 4.98 Å². The van der Waals surface area contributed by atoms with Gasteiger partial charge in [0.05, 0.1) is 23.0 Å². The second kappa shape index (κ2) is 7.18. The molecule has 1 atom stereocenters. The van der Waals surface area contributed by atoms with E-state index in [-0.39, 0.29) is 11.9 Å². The molecule has 0 bridgehead atoms. The first kappa shape index (κ1) is 17.3. The molecule has 7 nitrogen and oxygen atoms in total. The summed E-state index contributed by atoms with van der Waals surface area (Å²) in [6, 6.07) is 3.44. The van der Waals surface area contributed by atoms with Gasteiger partial charge in [0.25, 0.3) is 0 Å². The lowest BCUT2D eigenvalue weighted by atomic mass is 10.1. The number of amides is 1. The first-order chi connectivity index (χ1) is 12.0. The zero-order chi connectivity index (χ0) is 18.0. The molecule has 132 valence electrons. The first-order valence-electron chi connectivity index (χ1n) is 8.01. The summed E-state index contributed by atoms with van der Waals surface area (Å²) in [5, 5.41) is 4.88. The minimum absolute atomic E-state index is 0.00954. The van der Waals surface area contributed by atoms with Crippen LogP contribution in [0.5, 0.6) is 0 Å². The first-order valence-corrected chi connectivity index (χ1v) is 8.83. The number of thiazole rings is 1. The zero-order valence-corrected chi connectivity index (χ0v) is 15.5. The molecule has 0 radical (unpaired) electrons. The van der Waals surface area contributed by atoms with Crippen LogP contribution in [0.4, 0.5) is 0 Å². The molecule has 1 amide bonds. The molecule has 0 aliphatic carbocycles. The number of carbonyl (C=O) groups excluding carboxylic acids is 1. The zero-order valence-electron chi connectivity index (χ0n) is 14.6. The number of carbonyl (C=O) groups is 1. The van der Waals surface area contributed by atoms with E-state index in [1.54, 1.807) is 41.7 Å². The molecule has 0 saturated heterocycles. The second-order valence-corrected chi connectivity index (χ2v) is 7.25. The van der Waals surface area contributed by atoms with Gasteiger partial charge in [0, 0.05) is 24.8 Å². The van der Waals surface area contributed by atoms with E-state index in [0.717, 1.165) is 15.6 Å². The van der Waals surface area contributed by atoms with Gasteiger partial charge in [-0.15, -0.1) is 11.3 Å². The molecule has 0 aliphatic rings. The summed E-state index contributed by atoms with van der Waals surface area (Å²) in [5.41, 5.74) is 0.955. The summed E-state index contributed by atoms with van der Waals surface area (Å²) in [7, 11) is 1.79. The van der Waals surface area contributed by atoms with E-state index >= 15 is 0 Å². The van der Waals surface area contributed by atoms with Gasteiger partial charge in [-0.1, -0.05) is 5.16 Å². The summed E-state index contributed by atoms with van der Waals surface area (Å²) in [6.07, 6.45) is 2.23. The van der Waals surface area contributed by atoms with Crippen LogP contribution in [0.2, 0.25) is 0 Å². The Morgan fingerprint density at radius 1 is 1.36 bits per heavy atom. The lowest BCUT2D eigenvalue weighted by Crippen LogP contribution is -2.30. The van der Waals surface area contributed by atoms with Gasteiger partial charge in [-0.05, 0) is 32.9 Å². The van der Waals surface area contributed by atoms with Crippen LogP contribution in [0.3, 0.4) is 0 Å². The van der Waals surface area contributed by atoms with Crippen LogP contribution >= 0.6 is 11.3 Å². The normalized spacial score (nSPS) is 12.3. The molecular formula is C17H20N4O3S. The third kappa shape index (κ3) is 3.79. The van der Waals surface area contributed by atoms with Gasteiger partial charge in [0.2, 0.25) is 17.6 Å².